The Kier molecular flexibility index (Phi) is 4.45. The van der Waals surface area contributed by atoms with Crippen LogP contribution in [0.4, 0.5) is 11.8 Å². The van der Waals surface area contributed by atoms with Crippen molar-refractivity contribution in [3.63, 3.8) is 0 Å². The number of hydrazine groups is 1. The van der Waals surface area contributed by atoms with Gasteiger partial charge in [-0.15, -0.1) is 0 Å². The molecular weight excluding hydrogens is 204 g/mol. The molecule has 1 aromatic heterocycles. The van der Waals surface area contributed by atoms with Crippen LogP contribution in [-0.2, 0) is 0 Å². The van der Waals surface area contributed by atoms with Gasteiger partial charge in [0.2, 0.25) is 5.95 Å². The Labute approximate surface area is 96.2 Å². The number of hydrogen-bond donors (Lipinski definition) is 3. The minimum absolute atomic E-state index is 0.314. The maximum atomic E-state index is 5.27. The summed E-state index contributed by atoms with van der Waals surface area (Å²) in [7, 11) is 4.08. The largest absolute Gasteiger partial charge is 0.366 e. The van der Waals surface area contributed by atoms with Crippen molar-refractivity contribution in [2.75, 3.05) is 31.4 Å². The van der Waals surface area contributed by atoms with Gasteiger partial charge in [0.1, 0.15) is 5.82 Å². The van der Waals surface area contributed by atoms with Crippen molar-refractivity contribution in [3.8, 4) is 0 Å². The van der Waals surface area contributed by atoms with Crippen molar-refractivity contribution in [1.29, 1.82) is 0 Å². The Balaban J connectivity index is 2.71. The summed E-state index contributed by atoms with van der Waals surface area (Å²) in [5, 5.41) is 3.33. The number of nitrogens with zero attached hydrogens (tertiary/aromatic N) is 3. The Morgan fingerprint density at radius 2 is 2.19 bits per heavy atom. The minimum atomic E-state index is 0.314. The SMILES string of the molecule is Cc1cnc(NN)nc1NC(C)CN(C)C. The molecule has 0 saturated carbocycles. The number of aryl methyl sites for hydroxylation is 1. The Hall–Kier alpha value is -1.40. The van der Waals surface area contributed by atoms with E-state index in [2.05, 4.69) is 32.5 Å². The number of likely N-dealkylation sites (N-methyl/N-ethyl adjacent to an activating group) is 1. The van der Waals surface area contributed by atoms with E-state index in [0.717, 1.165) is 17.9 Å². The van der Waals surface area contributed by atoms with Gasteiger partial charge in [-0.25, -0.2) is 10.8 Å². The van der Waals surface area contributed by atoms with Crippen LogP contribution in [0.1, 0.15) is 12.5 Å². The molecule has 1 heterocycles. The lowest BCUT2D eigenvalue weighted by molar-refractivity contribution is 0.392. The summed E-state index contributed by atoms with van der Waals surface area (Å²) < 4.78 is 0. The molecule has 4 N–H and O–H groups in total. The highest BCUT2D eigenvalue weighted by Crippen LogP contribution is 2.13. The number of nitrogen functional groups attached to an aromatic ring is 1. The van der Waals surface area contributed by atoms with Gasteiger partial charge >= 0.3 is 0 Å². The average Bonchev–Trinajstić information content (AvgIpc) is 2.20. The normalized spacial score (nSPS) is 12.6. The Morgan fingerprint density at radius 1 is 1.50 bits per heavy atom. The molecule has 0 aliphatic rings. The first-order valence-corrected chi connectivity index (χ1v) is 5.24. The molecule has 1 aromatic rings. The smallest absolute Gasteiger partial charge is 0.239 e. The molecule has 0 aliphatic heterocycles. The van der Waals surface area contributed by atoms with Crippen LogP contribution in [0.5, 0.6) is 0 Å². The van der Waals surface area contributed by atoms with Crippen LogP contribution in [0, 0.1) is 6.92 Å². The highest BCUT2D eigenvalue weighted by atomic mass is 15.3. The van der Waals surface area contributed by atoms with Gasteiger partial charge in [-0.3, -0.25) is 5.43 Å². The number of nitrogens with one attached hydrogen (secondary N) is 2. The molecule has 1 unspecified atom stereocenters. The standard InChI is InChI=1S/C10H20N6/c1-7-5-12-10(15-11)14-9(7)13-8(2)6-16(3)4/h5,8H,6,11H2,1-4H3,(H2,12,13,14,15). The molecule has 0 amide bonds. The van der Waals surface area contributed by atoms with Crippen LogP contribution in [0.25, 0.3) is 0 Å². The first kappa shape index (κ1) is 12.7. The molecule has 6 heteroatoms. The van der Waals surface area contributed by atoms with Gasteiger partial charge in [-0.2, -0.15) is 4.98 Å². The summed E-state index contributed by atoms with van der Waals surface area (Å²) in [6, 6.07) is 0.314. The summed E-state index contributed by atoms with van der Waals surface area (Å²) in [4.78, 5) is 10.4. The van der Waals surface area contributed by atoms with Gasteiger partial charge < -0.3 is 10.2 Å². The predicted octanol–water partition coefficient (Wildman–Crippen LogP) is 0.433. The summed E-state index contributed by atoms with van der Waals surface area (Å²) in [6.45, 7) is 5.01. The third kappa shape index (κ3) is 3.63. The number of nitrogens with two attached hydrogens (primary N) is 1. The van der Waals surface area contributed by atoms with Gasteiger partial charge in [0.15, 0.2) is 0 Å². The van der Waals surface area contributed by atoms with Crippen molar-refractivity contribution in [2.24, 2.45) is 5.84 Å². The van der Waals surface area contributed by atoms with E-state index in [-0.39, 0.29) is 0 Å². The highest BCUT2D eigenvalue weighted by molar-refractivity contribution is 5.46. The summed E-state index contributed by atoms with van der Waals surface area (Å²) in [5.74, 6) is 6.51. The van der Waals surface area contributed by atoms with E-state index >= 15 is 0 Å². The minimum Gasteiger partial charge on any atom is -0.366 e. The fourth-order valence-electron chi connectivity index (χ4n) is 1.48. The van der Waals surface area contributed by atoms with Crippen LogP contribution in [0.3, 0.4) is 0 Å². The predicted molar refractivity (Wildman–Crippen MR) is 66.2 cm³/mol. The van der Waals surface area contributed by atoms with Crippen LogP contribution in [0.2, 0.25) is 0 Å². The molecule has 1 rings (SSSR count). The highest BCUT2D eigenvalue weighted by Gasteiger charge is 2.07. The van der Waals surface area contributed by atoms with Crippen molar-refractivity contribution < 1.29 is 0 Å². The number of anilines is 2. The second-order valence-corrected chi connectivity index (χ2v) is 4.18. The molecule has 90 valence electrons. The van der Waals surface area contributed by atoms with E-state index in [1.807, 2.05) is 21.0 Å². The zero-order chi connectivity index (χ0) is 12.1. The molecule has 6 nitrogen and oxygen atoms in total. The second kappa shape index (κ2) is 5.62. The fourth-order valence-corrected chi connectivity index (χ4v) is 1.48. The molecular formula is C10H20N6. The third-order valence-corrected chi connectivity index (χ3v) is 2.12. The van der Waals surface area contributed by atoms with E-state index in [0.29, 0.717) is 12.0 Å². The quantitative estimate of drug-likeness (QED) is 0.497. The van der Waals surface area contributed by atoms with Gasteiger partial charge in [0.05, 0.1) is 0 Å². The van der Waals surface area contributed by atoms with Crippen LogP contribution < -0.4 is 16.6 Å². The van der Waals surface area contributed by atoms with E-state index < -0.39 is 0 Å². The van der Waals surface area contributed by atoms with Crippen LogP contribution in [0.15, 0.2) is 6.20 Å². The van der Waals surface area contributed by atoms with Gasteiger partial charge in [-0.1, -0.05) is 0 Å². The summed E-state index contributed by atoms with van der Waals surface area (Å²) >= 11 is 0. The van der Waals surface area contributed by atoms with Gasteiger partial charge in [-0.05, 0) is 27.9 Å². The molecule has 0 saturated heterocycles. The van der Waals surface area contributed by atoms with E-state index in [1.165, 1.54) is 0 Å². The van der Waals surface area contributed by atoms with E-state index in [9.17, 15) is 0 Å². The molecule has 0 fully saturated rings. The zero-order valence-corrected chi connectivity index (χ0v) is 10.3. The monoisotopic (exact) mass is 224 g/mol. The van der Waals surface area contributed by atoms with Crippen molar-refractivity contribution in [1.82, 2.24) is 14.9 Å². The molecule has 1 atom stereocenters. The van der Waals surface area contributed by atoms with Crippen molar-refractivity contribution in [2.45, 2.75) is 19.9 Å². The van der Waals surface area contributed by atoms with Gasteiger partial charge in [0, 0.05) is 24.3 Å². The molecule has 0 aromatic carbocycles. The zero-order valence-electron chi connectivity index (χ0n) is 10.3. The number of hydrogen-bond acceptors (Lipinski definition) is 6. The van der Waals surface area contributed by atoms with E-state index in [1.54, 1.807) is 6.20 Å². The van der Waals surface area contributed by atoms with Crippen LogP contribution >= 0.6 is 0 Å². The van der Waals surface area contributed by atoms with Crippen molar-refractivity contribution >= 4 is 11.8 Å². The first-order chi connectivity index (χ1) is 7.52. The Morgan fingerprint density at radius 3 is 2.75 bits per heavy atom. The topological polar surface area (TPSA) is 79.1 Å². The van der Waals surface area contributed by atoms with E-state index in [4.69, 9.17) is 5.84 Å². The molecule has 0 bridgehead atoms. The lowest BCUT2D eigenvalue weighted by atomic mass is 10.3. The average molecular weight is 224 g/mol. The van der Waals surface area contributed by atoms with Crippen LogP contribution in [-0.4, -0.2) is 41.5 Å². The molecule has 0 spiro atoms. The maximum Gasteiger partial charge on any atom is 0.239 e. The molecule has 16 heavy (non-hydrogen) atoms. The first-order valence-electron chi connectivity index (χ1n) is 5.24. The Bertz CT molecular complexity index is 338. The molecule has 0 aliphatic carbocycles. The maximum absolute atomic E-state index is 5.27. The third-order valence-electron chi connectivity index (χ3n) is 2.12. The number of aromatic nitrogens is 2. The lowest BCUT2D eigenvalue weighted by Gasteiger charge is -2.19. The summed E-state index contributed by atoms with van der Waals surface area (Å²) in [5.41, 5.74) is 3.44. The molecule has 0 radical (unpaired) electrons. The number of rotatable bonds is 5. The summed E-state index contributed by atoms with van der Waals surface area (Å²) in [6.07, 6.45) is 1.74. The van der Waals surface area contributed by atoms with Gasteiger partial charge in [0.25, 0.3) is 0 Å². The van der Waals surface area contributed by atoms with Crippen molar-refractivity contribution in [3.05, 3.63) is 11.8 Å². The fraction of sp³-hybridized carbons (Fsp3) is 0.600. The second-order valence-electron chi connectivity index (χ2n) is 4.18. The lowest BCUT2D eigenvalue weighted by Crippen LogP contribution is -2.30.